The molecule has 5 nitrogen and oxygen atoms in total. The summed E-state index contributed by atoms with van der Waals surface area (Å²) in [4.78, 5) is 4.97. The highest BCUT2D eigenvalue weighted by atomic mass is 16.5. The third kappa shape index (κ3) is 4.50. The summed E-state index contributed by atoms with van der Waals surface area (Å²) in [6, 6.07) is 4.45. The van der Waals surface area contributed by atoms with Gasteiger partial charge in [-0.25, -0.2) is 0 Å². The van der Waals surface area contributed by atoms with Crippen molar-refractivity contribution in [1.82, 2.24) is 0 Å². The van der Waals surface area contributed by atoms with E-state index in [1.54, 1.807) is 14.2 Å². The molecule has 1 unspecified atom stereocenters. The lowest BCUT2D eigenvalue weighted by Crippen LogP contribution is -2.38. The van der Waals surface area contributed by atoms with Crippen molar-refractivity contribution in [1.29, 1.82) is 0 Å². The van der Waals surface area contributed by atoms with Crippen LogP contribution in [0.15, 0.2) is 17.1 Å². The molecule has 1 aliphatic carbocycles. The van der Waals surface area contributed by atoms with Crippen LogP contribution in [0.25, 0.3) is 0 Å². The van der Waals surface area contributed by atoms with Crippen LogP contribution in [0.4, 0.5) is 0 Å². The van der Waals surface area contributed by atoms with Crippen LogP contribution in [-0.4, -0.2) is 45.3 Å². The minimum Gasteiger partial charge on any atom is -0.493 e. The maximum absolute atomic E-state index is 6.36. The molecule has 144 valence electrons. The average molecular weight is 361 g/mol. The van der Waals surface area contributed by atoms with Crippen molar-refractivity contribution < 1.29 is 18.9 Å². The van der Waals surface area contributed by atoms with Gasteiger partial charge < -0.3 is 18.9 Å². The molecule has 0 bridgehead atoms. The lowest BCUT2D eigenvalue weighted by Gasteiger charge is -2.36. The summed E-state index contributed by atoms with van der Waals surface area (Å²) in [5.74, 6) is 2.28. The number of ether oxygens (including phenoxy) is 4. The lowest BCUT2D eigenvalue weighted by atomic mass is 9.83. The maximum Gasteiger partial charge on any atom is 0.164 e. The summed E-state index contributed by atoms with van der Waals surface area (Å²) < 4.78 is 22.9. The molecule has 5 heteroatoms. The van der Waals surface area contributed by atoms with E-state index >= 15 is 0 Å². The summed E-state index contributed by atoms with van der Waals surface area (Å²) in [5.41, 5.74) is 2.22. The van der Waals surface area contributed by atoms with Gasteiger partial charge in [0.15, 0.2) is 11.5 Å². The van der Waals surface area contributed by atoms with E-state index in [0.29, 0.717) is 25.0 Å². The molecule has 2 aliphatic rings. The molecule has 1 aromatic rings. The monoisotopic (exact) mass is 361 g/mol. The van der Waals surface area contributed by atoms with Gasteiger partial charge in [-0.1, -0.05) is 20.8 Å². The number of hydrogen-bond donors (Lipinski definition) is 0. The molecular weight excluding hydrogens is 330 g/mol. The number of fused-ring (bicyclic) bond motifs is 1. The van der Waals surface area contributed by atoms with Crippen LogP contribution in [-0.2, 0) is 4.74 Å². The molecule has 0 aromatic heterocycles. The van der Waals surface area contributed by atoms with Gasteiger partial charge in [-0.2, -0.15) is 0 Å². The highest BCUT2D eigenvalue weighted by Crippen LogP contribution is 2.42. The van der Waals surface area contributed by atoms with Crippen molar-refractivity contribution in [2.75, 3.05) is 27.4 Å². The molecule has 26 heavy (non-hydrogen) atoms. The summed E-state index contributed by atoms with van der Waals surface area (Å²) in [6.45, 7) is 7.89. The van der Waals surface area contributed by atoms with E-state index in [4.69, 9.17) is 23.9 Å². The van der Waals surface area contributed by atoms with Crippen LogP contribution in [0.3, 0.4) is 0 Å². The van der Waals surface area contributed by atoms with Crippen LogP contribution in [0.5, 0.6) is 17.2 Å². The third-order valence-electron chi connectivity index (χ3n) is 4.83. The zero-order valence-corrected chi connectivity index (χ0v) is 16.6. The number of aliphatic imine (C=N–C) groups is 1. The van der Waals surface area contributed by atoms with E-state index in [0.717, 1.165) is 35.6 Å². The van der Waals surface area contributed by atoms with Gasteiger partial charge in [0.2, 0.25) is 0 Å². The summed E-state index contributed by atoms with van der Waals surface area (Å²) in [5, 5.41) is 0. The molecule has 1 aromatic carbocycles. The third-order valence-corrected chi connectivity index (χ3v) is 4.83. The Balaban J connectivity index is 1.91. The number of methoxy groups -OCH3 is 2. The van der Waals surface area contributed by atoms with E-state index in [-0.39, 0.29) is 11.5 Å². The van der Waals surface area contributed by atoms with Crippen LogP contribution >= 0.6 is 0 Å². The first-order valence-corrected chi connectivity index (χ1v) is 9.50. The van der Waals surface area contributed by atoms with Gasteiger partial charge in [0.1, 0.15) is 11.9 Å². The predicted molar refractivity (Wildman–Crippen MR) is 103 cm³/mol. The summed E-state index contributed by atoms with van der Waals surface area (Å²) >= 11 is 0. The van der Waals surface area contributed by atoms with Gasteiger partial charge >= 0.3 is 0 Å². The Morgan fingerprint density at radius 1 is 1.12 bits per heavy atom. The molecule has 0 saturated heterocycles. The molecule has 0 radical (unpaired) electrons. The first-order valence-electron chi connectivity index (χ1n) is 9.50. The van der Waals surface area contributed by atoms with Crippen LogP contribution in [0, 0.1) is 5.41 Å². The lowest BCUT2D eigenvalue weighted by molar-refractivity contribution is 0.0875. The molecule has 0 spiro atoms. The smallest absolute Gasteiger partial charge is 0.164 e. The second kappa shape index (κ2) is 7.87. The zero-order chi connectivity index (χ0) is 18.7. The molecule has 0 amide bonds. The fourth-order valence-corrected chi connectivity index (χ4v) is 3.03. The molecule has 1 saturated carbocycles. The first-order chi connectivity index (χ1) is 12.4. The maximum atomic E-state index is 6.36. The Bertz CT molecular complexity index is 659. The topological polar surface area (TPSA) is 49.3 Å². The molecule has 1 aliphatic heterocycles. The van der Waals surface area contributed by atoms with Gasteiger partial charge in [0.05, 0.1) is 19.8 Å². The van der Waals surface area contributed by atoms with Crippen molar-refractivity contribution in [3.05, 3.63) is 17.7 Å². The zero-order valence-electron chi connectivity index (χ0n) is 16.6. The fourth-order valence-electron chi connectivity index (χ4n) is 3.03. The van der Waals surface area contributed by atoms with Crippen molar-refractivity contribution in [3.63, 3.8) is 0 Å². The second-order valence-electron chi connectivity index (χ2n) is 8.18. The van der Waals surface area contributed by atoms with Gasteiger partial charge in [0, 0.05) is 43.9 Å². The van der Waals surface area contributed by atoms with Crippen molar-refractivity contribution in [2.24, 2.45) is 10.4 Å². The van der Waals surface area contributed by atoms with Crippen molar-refractivity contribution in [3.8, 4) is 17.2 Å². The molecule has 1 fully saturated rings. The van der Waals surface area contributed by atoms with Crippen LogP contribution in [0.2, 0.25) is 0 Å². The van der Waals surface area contributed by atoms with Gasteiger partial charge in [-0.3, -0.25) is 4.99 Å². The van der Waals surface area contributed by atoms with Crippen molar-refractivity contribution >= 4 is 5.71 Å². The predicted octanol–water partition coefficient (Wildman–Crippen LogP) is 4.26. The number of benzene rings is 1. The SMILES string of the molecule is COCCCOc1cc2c(cc1OC)C(=NC1CC1)CC(C(C)(C)C)O2. The minimum atomic E-state index is 0.0431. The largest absolute Gasteiger partial charge is 0.493 e. The molecule has 0 N–H and O–H groups in total. The number of rotatable bonds is 7. The summed E-state index contributed by atoms with van der Waals surface area (Å²) in [6.07, 6.45) is 4.15. The van der Waals surface area contributed by atoms with E-state index in [1.807, 2.05) is 12.1 Å². The number of hydrogen-bond acceptors (Lipinski definition) is 5. The Morgan fingerprint density at radius 2 is 1.88 bits per heavy atom. The van der Waals surface area contributed by atoms with E-state index in [1.165, 1.54) is 12.8 Å². The van der Waals surface area contributed by atoms with Crippen molar-refractivity contribution in [2.45, 2.75) is 58.6 Å². The second-order valence-corrected chi connectivity index (χ2v) is 8.18. The molecule has 1 heterocycles. The molecular formula is C21H31NO4. The van der Waals surface area contributed by atoms with Crippen LogP contribution in [0.1, 0.15) is 52.0 Å². The Kier molecular flexibility index (Phi) is 5.76. The fraction of sp³-hybridized carbons (Fsp3) is 0.667. The summed E-state index contributed by atoms with van der Waals surface area (Å²) in [7, 11) is 3.36. The molecule has 3 rings (SSSR count). The van der Waals surface area contributed by atoms with E-state index in [9.17, 15) is 0 Å². The Hall–Kier alpha value is -1.75. The van der Waals surface area contributed by atoms with E-state index in [2.05, 4.69) is 20.8 Å². The minimum absolute atomic E-state index is 0.0431. The highest BCUT2D eigenvalue weighted by Gasteiger charge is 2.35. The van der Waals surface area contributed by atoms with Gasteiger partial charge in [-0.05, 0) is 24.3 Å². The standard InChI is InChI=1S/C21H31NO4/c1-21(2,3)20-12-16(22-14-7-8-14)15-11-18(24-5)19(13-17(15)26-20)25-10-6-9-23-4/h11,13-14,20H,6-10,12H2,1-5H3. The van der Waals surface area contributed by atoms with Gasteiger partial charge in [0.25, 0.3) is 0 Å². The molecule has 1 atom stereocenters. The Labute approximate surface area is 156 Å². The Morgan fingerprint density at radius 3 is 2.50 bits per heavy atom. The normalized spacial score (nSPS) is 21.3. The quantitative estimate of drug-likeness (QED) is 0.681. The van der Waals surface area contributed by atoms with Gasteiger partial charge in [-0.15, -0.1) is 0 Å². The first kappa shape index (κ1) is 19.0. The highest BCUT2D eigenvalue weighted by molar-refractivity contribution is 6.05. The van der Waals surface area contributed by atoms with E-state index < -0.39 is 0 Å². The average Bonchev–Trinajstić information content (AvgIpc) is 3.41. The number of nitrogens with zero attached hydrogens (tertiary/aromatic N) is 1. The van der Waals surface area contributed by atoms with Crippen LogP contribution < -0.4 is 14.2 Å².